The van der Waals surface area contributed by atoms with E-state index in [1.54, 1.807) is 0 Å². The first-order valence-electron chi connectivity index (χ1n) is 11.6. The Balaban J connectivity index is 1.85. The molecule has 166 valence electrons. The molecule has 0 bridgehead atoms. The summed E-state index contributed by atoms with van der Waals surface area (Å²) in [5.74, 6) is 0.886. The minimum Gasteiger partial charge on any atom is -0.491 e. The van der Waals surface area contributed by atoms with Crippen LogP contribution in [0.15, 0.2) is 48.5 Å². The average molecular weight is 431 g/mol. The van der Waals surface area contributed by atoms with E-state index < -0.39 is 0 Å². The molecule has 0 unspecified atom stereocenters. The van der Waals surface area contributed by atoms with Gasteiger partial charge in [0.15, 0.2) is 0 Å². The highest BCUT2D eigenvalue weighted by Crippen LogP contribution is 2.33. The second-order valence-corrected chi connectivity index (χ2v) is 9.40. The fraction of sp³-hybridized carbons (Fsp3) is 0.556. The van der Waals surface area contributed by atoms with Crippen LogP contribution < -0.4 is 4.74 Å². The number of benzene rings is 2. The standard InChI is InChI=1S/C27H39ClO2/c1-4-5-6-7-8-10-14-23-15-13-18-26(27(2,3)28)25(23)19-20-29-21-22-30-24-16-11-9-12-17-24/h9,11-13,15-18H,4-8,10,14,19-22H2,1-3H3. The van der Waals surface area contributed by atoms with Gasteiger partial charge in [-0.1, -0.05) is 75.4 Å². The van der Waals surface area contributed by atoms with Gasteiger partial charge in [-0.15, -0.1) is 11.6 Å². The lowest BCUT2D eigenvalue weighted by atomic mass is 9.89. The van der Waals surface area contributed by atoms with Crippen molar-refractivity contribution in [2.24, 2.45) is 0 Å². The molecule has 2 nitrogen and oxygen atoms in total. The third kappa shape index (κ3) is 9.10. The molecule has 0 saturated heterocycles. The average Bonchev–Trinajstić information content (AvgIpc) is 2.73. The van der Waals surface area contributed by atoms with Gasteiger partial charge in [0.25, 0.3) is 0 Å². The quantitative estimate of drug-likeness (QED) is 0.213. The number of para-hydroxylation sites is 1. The van der Waals surface area contributed by atoms with Crippen molar-refractivity contribution in [2.75, 3.05) is 19.8 Å². The lowest BCUT2D eigenvalue weighted by Gasteiger charge is -2.23. The Morgan fingerprint density at radius 2 is 1.50 bits per heavy atom. The summed E-state index contributed by atoms with van der Waals surface area (Å²) < 4.78 is 11.6. The molecule has 0 atom stereocenters. The van der Waals surface area contributed by atoms with Gasteiger partial charge in [0, 0.05) is 0 Å². The van der Waals surface area contributed by atoms with Crippen LogP contribution in [0.2, 0.25) is 0 Å². The number of hydrogen-bond donors (Lipinski definition) is 0. The number of ether oxygens (including phenoxy) is 2. The highest BCUT2D eigenvalue weighted by Gasteiger charge is 2.21. The smallest absolute Gasteiger partial charge is 0.119 e. The summed E-state index contributed by atoms with van der Waals surface area (Å²) in [5.41, 5.74) is 4.03. The molecule has 0 heterocycles. The number of hydrogen-bond acceptors (Lipinski definition) is 2. The summed E-state index contributed by atoms with van der Waals surface area (Å²) >= 11 is 6.72. The fourth-order valence-electron chi connectivity index (χ4n) is 3.83. The molecule has 0 spiro atoms. The largest absolute Gasteiger partial charge is 0.491 e. The SMILES string of the molecule is CCCCCCCCc1cccc(C(C)(C)Cl)c1CCOCCOc1ccccc1. The van der Waals surface area contributed by atoms with Crippen LogP contribution in [0.3, 0.4) is 0 Å². The summed E-state index contributed by atoms with van der Waals surface area (Å²) in [5, 5.41) is 0. The molecule has 0 aliphatic carbocycles. The van der Waals surface area contributed by atoms with Crippen LogP contribution in [0.1, 0.15) is 76.0 Å². The van der Waals surface area contributed by atoms with Gasteiger partial charge in [-0.3, -0.25) is 0 Å². The lowest BCUT2D eigenvalue weighted by molar-refractivity contribution is 0.102. The molecule has 0 aliphatic heterocycles. The number of alkyl halides is 1. The van der Waals surface area contributed by atoms with E-state index in [1.165, 1.54) is 55.2 Å². The first-order chi connectivity index (χ1) is 14.5. The summed E-state index contributed by atoms with van der Waals surface area (Å²) in [7, 11) is 0. The van der Waals surface area contributed by atoms with Gasteiger partial charge in [-0.05, 0) is 61.9 Å². The van der Waals surface area contributed by atoms with Crippen LogP contribution in [0.25, 0.3) is 0 Å². The van der Waals surface area contributed by atoms with Crippen molar-refractivity contribution in [3.05, 3.63) is 65.2 Å². The van der Waals surface area contributed by atoms with Crippen molar-refractivity contribution in [2.45, 2.75) is 77.0 Å². The van der Waals surface area contributed by atoms with Crippen LogP contribution in [-0.2, 0) is 22.5 Å². The Labute approximate surface area is 188 Å². The molecule has 2 aromatic carbocycles. The molecule has 0 amide bonds. The van der Waals surface area contributed by atoms with Gasteiger partial charge in [-0.25, -0.2) is 0 Å². The number of unbranched alkanes of at least 4 members (excludes halogenated alkanes) is 5. The highest BCUT2D eigenvalue weighted by atomic mass is 35.5. The van der Waals surface area contributed by atoms with Crippen LogP contribution in [0, 0.1) is 0 Å². The van der Waals surface area contributed by atoms with E-state index in [-0.39, 0.29) is 4.87 Å². The monoisotopic (exact) mass is 430 g/mol. The predicted molar refractivity (Wildman–Crippen MR) is 129 cm³/mol. The van der Waals surface area contributed by atoms with E-state index in [9.17, 15) is 0 Å². The van der Waals surface area contributed by atoms with Crippen molar-refractivity contribution in [1.29, 1.82) is 0 Å². The zero-order valence-corrected chi connectivity index (χ0v) is 19.8. The second kappa shape index (κ2) is 13.7. The first-order valence-corrected chi connectivity index (χ1v) is 12.0. The van der Waals surface area contributed by atoms with E-state index in [1.807, 2.05) is 30.3 Å². The van der Waals surface area contributed by atoms with E-state index in [2.05, 4.69) is 39.0 Å². The third-order valence-electron chi connectivity index (χ3n) is 5.45. The molecule has 0 radical (unpaired) electrons. The Bertz CT molecular complexity index is 707. The number of rotatable bonds is 15. The third-order valence-corrected chi connectivity index (χ3v) is 5.65. The normalized spacial score (nSPS) is 11.6. The van der Waals surface area contributed by atoms with Crippen molar-refractivity contribution < 1.29 is 9.47 Å². The Morgan fingerprint density at radius 3 is 2.23 bits per heavy atom. The molecule has 0 saturated carbocycles. The zero-order valence-electron chi connectivity index (χ0n) is 19.1. The Hall–Kier alpha value is -1.51. The minimum atomic E-state index is -0.372. The van der Waals surface area contributed by atoms with Gasteiger partial charge in [0.05, 0.1) is 18.1 Å². The zero-order chi connectivity index (χ0) is 21.7. The van der Waals surface area contributed by atoms with Crippen LogP contribution in [0.4, 0.5) is 0 Å². The second-order valence-electron chi connectivity index (χ2n) is 8.46. The summed E-state index contributed by atoms with van der Waals surface area (Å²) in [6.07, 6.45) is 9.92. The highest BCUT2D eigenvalue weighted by molar-refractivity contribution is 6.23. The number of aryl methyl sites for hydroxylation is 1. The van der Waals surface area contributed by atoms with Gasteiger partial charge in [0.2, 0.25) is 0 Å². The summed E-state index contributed by atoms with van der Waals surface area (Å²) in [6.45, 7) is 8.27. The summed E-state index contributed by atoms with van der Waals surface area (Å²) in [6, 6.07) is 16.5. The molecule has 3 heteroatoms. The molecular formula is C27H39ClO2. The molecule has 2 aromatic rings. The van der Waals surface area contributed by atoms with E-state index in [4.69, 9.17) is 21.1 Å². The maximum atomic E-state index is 6.72. The molecule has 2 rings (SSSR count). The van der Waals surface area contributed by atoms with Crippen molar-refractivity contribution in [1.82, 2.24) is 0 Å². The molecule has 30 heavy (non-hydrogen) atoms. The first kappa shape index (κ1) is 24.8. The minimum absolute atomic E-state index is 0.372. The molecule has 0 aromatic heterocycles. The lowest BCUT2D eigenvalue weighted by Crippen LogP contribution is -2.16. The van der Waals surface area contributed by atoms with E-state index >= 15 is 0 Å². The Morgan fingerprint density at radius 1 is 0.767 bits per heavy atom. The topological polar surface area (TPSA) is 18.5 Å². The van der Waals surface area contributed by atoms with Gasteiger partial charge in [-0.2, -0.15) is 0 Å². The molecular weight excluding hydrogens is 392 g/mol. The number of halogens is 1. The maximum Gasteiger partial charge on any atom is 0.119 e. The summed E-state index contributed by atoms with van der Waals surface area (Å²) in [4.78, 5) is -0.372. The van der Waals surface area contributed by atoms with Crippen molar-refractivity contribution in [3.8, 4) is 5.75 Å². The van der Waals surface area contributed by atoms with E-state index in [0.29, 0.717) is 19.8 Å². The fourth-order valence-corrected chi connectivity index (χ4v) is 4.01. The van der Waals surface area contributed by atoms with Crippen LogP contribution in [-0.4, -0.2) is 19.8 Å². The van der Waals surface area contributed by atoms with Crippen LogP contribution in [0.5, 0.6) is 5.75 Å². The molecule has 0 N–H and O–H groups in total. The van der Waals surface area contributed by atoms with Crippen molar-refractivity contribution in [3.63, 3.8) is 0 Å². The van der Waals surface area contributed by atoms with Gasteiger partial charge >= 0.3 is 0 Å². The van der Waals surface area contributed by atoms with Crippen molar-refractivity contribution >= 4 is 11.6 Å². The van der Waals surface area contributed by atoms with Gasteiger partial charge < -0.3 is 9.47 Å². The van der Waals surface area contributed by atoms with Crippen LogP contribution >= 0.6 is 11.6 Å². The van der Waals surface area contributed by atoms with Gasteiger partial charge in [0.1, 0.15) is 12.4 Å². The molecule has 0 fully saturated rings. The van der Waals surface area contributed by atoms with E-state index in [0.717, 1.165) is 18.6 Å². The predicted octanol–water partition coefficient (Wildman–Crippen LogP) is 7.70. The molecule has 0 aliphatic rings. The Kier molecular flexibility index (Phi) is 11.3. The maximum absolute atomic E-state index is 6.72.